The van der Waals surface area contributed by atoms with Crippen molar-refractivity contribution in [1.82, 2.24) is 20.7 Å². The van der Waals surface area contributed by atoms with E-state index in [9.17, 15) is 81.1 Å². The van der Waals surface area contributed by atoms with Crippen molar-refractivity contribution in [3.8, 4) is 0 Å². The highest BCUT2D eigenvalue weighted by Gasteiger charge is 2.53. The molecule has 3 unspecified atom stereocenters. The molecule has 83 heavy (non-hydrogen) atoms. The summed E-state index contributed by atoms with van der Waals surface area (Å²) in [5.74, 6) is -8.41. The number of amides is 1. The van der Waals surface area contributed by atoms with E-state index in [0.29, 0.717) is 26.2 Å². The lowest BCUT2D eigenvalue weighted by molar-refractivity contribution is -0.323. The Labute approximate surface area is 485 Å². The Morgan fingerprint density at radius 3 is 1.88 bits per heavy atom. The second kappa shape index (κ2) is 33.4. The van der Waals surface area contributed by atoms with Gasteiger partial charge in [0.15, 0.2) is 12.1 Å². The van der Waals surface area contributed by atoms with Gasteiger partial charge in [0.25, 0.3) is 0 Å². The molecule has 5 heterocycles. The van der Waals surface area contributed by atoms with Crippen molar-refractivity contribution < 1.29 is 105 Å². The van der Waals surface area contributed by atoms with Crippen molar-refractivity contribution in [3.63, 3.8) is 0 Å². The Balaban J connectivity index is 1.43. The largest absolute Gasteiger partial charge is 0.462 e. The van der Waals surface area contributed by atoms with Crippen LogP contribution in [0.3, 0.4) is 0 Å². The van der Waals surface area contributed by atoms with Gasteiger partial charge in [-0.3, -0.25) is 15.0 Å². The minimum Gasteiger partial charge on any atom is -0.462 e. The number of cyclic esters (lactones) is 1. The lowest BCUT2D eigenvalue weighted by Gasteiger charge is -2.47. The van der Waals surface area contributed by atoms with Crippen molar-refractivity contribution >= 4 is 11.9 Å². The summed E-state index contributed by atoms with van der Waals surface area (Å²) in [4.78, 5) is 29.1. The molecule has 0 aromatic heterocycles. The number of likely N-dealkylation sites (N-methyl/N-ethyl adjacent to an activating group) is 1. The number of ether oxygens (including phenoxy) is 5. The summed E-state index contributed by atoms with van der Waals surface area (Å²) in [6.07, 6.45) is -3.03. The molecule has 0 radical (unpaired) electrons. The number of carbonyl (C=O) groups excluding carboxylic acids is 2. The van der Waals surface area contributed by atoms with Crippen LogP contribution in [0.5, 0.6) is 0 Å². The van der Waals surface area contributed by atoms with E-state index in [1.54, 1.807) is 91.8 Å². The number of hydrogen-bond donors (Lipinski definition) is 16. The number of nitrogens with one attached hydrogen (secondary N) is 2. The quantitative estimate of drug-likeness (QED) is 0.116. The molecule has 2 bridgehead atoms. The minimum absolute atomic E-state index is 0.129. The van der Waals surface area contributed by atoms with Gasteiger partial charge in [0.05, 0.1) is 98.7 Å². The van der Waals surface area contributed by atoms with Crippen molar-refractivity contribution in [2.75, 3.05) is 46.4 Å². The van der Waals surface area contributed by atoms with Crippen LogP contribution in [-0.2, 0) is 33.3 Å². The van der Waals surface area contributed by atoms with Crippen LogP contribution >= 0.6 is 0 Å². The molecule has 0 aromatic carbocycles. The fourth-order valence-corrected chi connectivity index (χ4v) is 10.7. The predicted octanol–water partition coefficient (Wildman–Crippen LogP) is -2.66. The zero-order valence-electron chi connectivity index (χ0n) is 48.1. The van der Waals surface area contributed by atoms with Crippen molar-refractivity contribution in [3.05, 3.63) is 85.1 Å². The maximum Gasteiger partial charge on any atom is 0.308 e. The molecule has 23 atom stereocenters. The summed E-state index contributed by atoms with van der Waals surface area (Å²) < 4.78 is 29.5. The number of fused-ring (bicyclic) bond motifs is 2. The van der Waals surface area contributed by atoms with Crippen LogP contribution in [0.15, 0.2) is 85.1 Å². The average molecular weight is 1180 g/mol. The summed E-state index contributed by atoms with van der Waals surface area (Å²) in [5.41, 5.74) is 2.86. The Bertz CT molecular complexity index is 2200. The van der Waals surface area contributed by atoms with Gasteiger partial charge < -0.3 is 105 Å². The fraction of sp³-hybridized carbons (Fsp3) is 0.724. The molecule has 0 aliphatic carbocycles. The lowest BCUT2D eigenvalue weighted by atomic mass is 9.82. The number of hydrogen-bond acceptors (Lipinski definition) is 24. The molecular weight excluding hydrogens is 1090 g/mol. The second-order valence-corrected chi connectivity index (χ2v) is 23.0. The van der Waals surface area contributed by atoms with Gasteiger partial charge >= 0.3 is 5.97 Å². The summed E-state index contributed by atoms with van der Waals surface area (Å²) in [6, 6.07) is -1.34. The van der Waals surface area contributed by atoms with Gasteiger partial charge in [-0.15, -0.1) is 0 Å². The van der Waals surface area contributed by atoms with E-state index >= 15 is 0 Å². The van der Waals surface area contributed by atoms with E-state index in [2.05, 4.69) is 15.6 Å². The number of aliphatic hydroxyl groups is 14. The Morgan fingerprint density at radius 2 is 1.25 bits per heavy atom. The second-order valence-electron chi connectivity index (χ2n) is 23.0. The topological polar surface area (TPSA) is 394 Å². The van der Waals surface area contributed by atoms with E-state index in [0.717, 1.165) is 0 Å². The van der Waals surface area contributed by atoms with Gasteiger partial charge in [0.1, 0.15) is 30.5 Å². The highest BCUT2D eigenvalue weighted by atomic mass is 16.7. The van der Waals surface area contributed by atoms with E-state index in [1.165, 1.54) is 13.0 Å². The number of allylic oxidation sites excluding steroid dienone is 12. The van der Waals surface area contributed by atoms with Crippen molar-refractivity contribution in [1.29, 1.82) is 0 Å². The first-order valence-electron chi connectivity index (χ1n) is 28.8. The molecule has 5 aliphatic rings. The van der Waals surface area contributed by atoms with Gasteiger partial charge in [-0.1, -0.05) is 98.9 Å². The van der Waals surface area contributed by atoms with Crippen molar-refractivity contribution in [2.24, 2.45) is 17.8 Å². The zero-order chi connectivity index (χ0) is 61.2. The van der Waals surface area contributed by atoms with Crippen LogP contribution in [0, 0.1) is 17.8 Å². The molecule has 5 rings (SSSR count). The maximum atomic E-state index is 14.3. The SMILES string of the molecule is CC1[C@H](C)OC(=O)C[C@H](O)C[C@H](O)CC[C@H](O)[C@H](O)C[C@H](O)C[C@]2(O)C[C@H](O)C(C(=O)NN3CCN(C)CC3)C(C[C@@H](O[C@@H]3O[C@H](C)[C@@H](O)[C@H](NC[C@@]4(O)OC[C@@H](O)[C@@H](O)[C@@H]4O)[C@@H]3O)/C=C/C=C/C=C/C=C/C=C/C=C/C=C\[C@H](C)[C@H]1O)O2. The van der Waals surface area contributed by atoms with E-state index in [1.807, 2.05) is 20.0 Å². The van der Waals surface area contributed by atoms with Gasteiger partial charge in [0, 0.05) is 63.7 Å². The summed E-state index contributed by atoms with van der Waals surface area (Å²) in [7, 11) is 1.93. The zero-order valence-corrected chi connectivity index (χ0v) is 48.1. The Kier molecular flexibility index (Phi) is 28.2. The van der Waals surface area contributed by atoms with Gasteiger partial charge in [-0.25, -0.2) is 5.01 Å². The Hall–Kier alpha value is -3.72. The summed E-state index contributed by atoms with van der Waals surface area (Å²) in [5, 5.41) is 159. The Morgan fingerprint density at radius 1 is 0.651 bits per heavy atom. The van der Waals surface area contributed by atoms with E-state index in [-0.39, 0.29) is 31.6 Å². The molecule has 25 heteroatoms. The number of aliphatic hydroxyl groups excluding tert-OH is 12. The molecule has 0 spiro atoms. The standard InChI is InChI=1S/C58H94N4O21/c1-34-18-16-14-12-10-8-6-7-9-11-13-15-17-19-41(82-56-53(74)49(51(72)37(4)81-56)59-33-58(78)54(75)52(73)45(69)32-79-58)29-46-48(55(76)60-62-24-22-61(5)23-25-62)44(68)31-57(77,83-46)30-40(65)27-43(67)42(66)21-20-38(63)26-39(64)28-47(70)80-36(3)35(2)50(34)71/h6-19,34-46,48-54,56,59,63-69,71-75,77-78H,20-33H2,1-5H3,(H,60,76)/b7-6+,10-8+,11-9+,14-12+,15-13+,18-16-,19-17+/t34-,35?,36-,37+,38+,39+,40-,41-,42-,43+,44-,45+,46?,48?,49-,50+,51+,52+,53-,54-,56-,57+,58+/m0/s1. The van der Waals surface area contributed by atoms with Gasteiger partial charge in [-0.2, -0.15) is 0 Å². The van der Waals surface area contributed by atoms with Gasteiger partial charge in [0.2, 0.25) is 11.7 Å². The minimum atomic E-state index is -2.47. The first kappa shape index (κ1) is 70.0. The molecule has 1 amide bonds. The predicted molar refractivity (Wildman–Crippen MR) is 299 cm³/mol. The third-order valence-corrected chi connectivity index (χ3v) is 16.0. The van der Waals surface area contributed by atoms with Crippen LogP contribution in [0.1, 0.15) is 79.1 Å². The third-order valence-electron chi connectivity index (χ3n) is 16.0. The molecule has 5 aliphatic heterocycles. The molecule has 4 saturated heterocycles. The maximum absolute atomic E-state index is 14.3. The summed E-state index contributed by atoms with van der Waals surface area (Å²) in [6.45, 7) is 7.62. The molecule has 16 N–H and O–H groups in total. The van der Waals surface area contributed by atoms with Crippen molar-refractivity contribution in [2.45, 2.75) is 201 Å². The molecule has 0 aromatic rings. The van der Waals surface area contributed by atoms with Crippen LogP contribution in [-0.4, -0.2) is 261 Å². The van der Waals surface area contributed by atoms with E-state index in [4.69, 9.17) is 23.7 Å². The molecule has 25 nitrogen and oxygen atoms in total. The average Bonchev–Trinajstić information content (AvgIpc) is 3.17. The van der Waals surface area contributed by atoms with Crippen LogP contribution in [0.2, 0.25) is 0 Å². The van der Waals surface area contributed by atoms with Crippen LogP contribution in [0.4, 0.5) is 0 Å². The van der Waals surface area contributed by atoms with E-state index < -0.39 is 184 Å². The first-order chi connectivity index (χ1) is 39.2. The number of hydrazine groups is 1. The van der Waals surface area contributed by atoms with Crippen LogP contribution in [0.25, 0.3) is 0 Å². The number of carbonyl (C=O) groups is 2. The monoisotopic (exact) mass is 1180 g/mol. The van der Waals surface area contributed by atoms with Gasteiger partial charge in [-0.05, 0) is 40.2 Å². The molecular formula is C58H94N4O21. The first-order valence-corrected chi connectivity index (χ1v) is 28.8. The third kappa shape index (κ3) is 21.6. The lowest BCUT2D eigenvalue weighted by Crippen LogP contribution is -2.69. The normalized spacial score (nSPS) is 45.4. The molecule has 472 valence electrons. The number of esters is 1. The fourth-order valence-electron chi connectivity index (χ4n) is 10.7. The summed E-state index contributed by atoms with van der Waals surface area (Å²) >= 11 is 0. The number of nitrogens with zero attached hydrogens (tertiary/aromatic N) is 2. The highest BCUT2D eigenvalue weighted by Crippen LogP contribution is 2.39. The van der Waals surface area contributed by atoms with Crippen LogP contribution < -0.4 is 10.7 Å². The highest BCUT2D eigenvalue weighted by molar-refractivity contribution is 5.79. The molecule has 0 saturated carbocycles. The smallest absolute Gasteiger partial charge is 0.308 e. The molecule has 4 fully saturated rings. The number of piperazine rings is 1. The number of rotatable bonds is 7.